The van der Waals surface area contributed by atoms with Gasteiger partial charge in [0.15, 0.2) is 0 Å². The van der Waals surface area contributed by atoms with E-state index in [9.17, 15) is 9.59 Å². The second-order valence-corrected chi connectivity index (χ2v) is 5.64. The third kappa shape index (κ3) is 4.17. The molecule has 0 aliphatic rings. The summed E-state index contributed by atoms with van der Waals surface area (Å²) in [6, 6.07) is 16.0. The summed E-state index contributed by atoms with van der Waals surface area (Å²) in [4.78, 5) is 23.9. The van der Waals surface area contributed by atoms with Gasteiger partial charge in [-0.2, -0.15) is 0 Å². The highest BCUT2D eigenvalue weighted by Gasteiger charge is 2.24. The standard InChI is InChI=1S/C18H20N2O3/c1-12(2)16(13-6-4-3-5-7-13)18(22)19-15-10-8-14(9-11-15)17(21)20-23/h3-12,16,23H,1-2H3,(H,19,22)(H,20,21). The lowest BCUT2D eigenvalue weighted by atomic mass is 9.87. The first kappa shape index (κ1) is 16.7. The number of amides is 2. The summed E-state index contributed by atoms with van der Waals surface area (Å²) in [5, 5.41) is 11.5. The van der Waals surface area contributed by atoms with Gasteiger partial charge in [0, 0.05) is 11.3 Å². The van der Waals surface area contributed by atoms with Crippen molar-refractivity contribution in [1.82, 2.24) is 5.48 Å². The van der Waals surface area contributed by atoms with E-state index >= 15 is 0 Å². The van der Waals surface area contributed by atoms with Crippen molar-refractivity contribution in [2.75, 3.05) is 5.32 Å². The van der Waals surface area contributed by atoms with Crippen LogP contribution in [0.25, 0.3) is 0 Å². The molecule has 2 rings (SSSR count). The smallest absolute Gasteiger partial charge is 0.274 e. The normalized spacial score (nSPS) is 11.8. The number of nitrogens with one attached hydrogen (secondary N) is 2. The lowest BCUT2D eigenvalue weighted by Gasteiger charge is -2.20. The number of carbonyl (C=O) groups is 2. The number of carbonyl (C=O) groups excluding carboxylic acids is 2. The quantitative estimate of drug-likeness (QED) is 0.586. The van der Waals surface area contributed by atoms with Gasteiger partial charge >= 0.3 is 0 Å². The molecule has 3 N–H and O–H groups in total. The van der Waals surface area contributed by atoms with Gasteiger partial charge in [-0.15, -0.1) is 0 Å². The van der Waals surface area contributed by atoms with Crippen LogP contribution < -0.4 is 10.8 Å². The highest BCUT2D eigenvalue weighted by Crippen LogP contribution is 2.26. The third-order valence-corrected chi connectivity index (χ3v) is 3.62. The average Bonchev–Trinajstić information content (AvgIpc) is 2.55. The Balaban J connectivity index is 2.14. The molecular formula is C18H20N2O3. The van der Waals surface area contributed by atoms with Crippen molar-refractivity contribution >= 4 is 17.5 Å². The minimum absolute atomic E-state index is 0.0921. The first-order valence-electron chi connectivity index (χ1n) is 7.43. The number of hydroxylamine groups is 1. The van der Waals surface area contributed by atoms with Crippen LogP contribution in [-0.2, 0) is 4.79 Å². The Bertz CT molecular complexity index is 666. The van der Waals surface area contributed by atoms with Gasteiger partial charge in [0.05, 0.1) is 5.92 Å². The molecule has 0 heterocycles. The molecule has 2 amide bonds. The molecule has 0 aliphatic carbocycles. The SMILES string of the molecule is CC(C)C(C(=O)Nc1ccc(C(=O)NO)cc1)c1ccccc1. The van der Waals surface area contributed by atoms with Gasteiger partial charge in [0.25, 0.3) is 5.91 Å². The molecule has 120 valence electrons. The molecule has 0 aromatic heterocycles. The summed E-state index contributed by atoms with van der Waals surface area (Å²) < 4.78 is 0. The number of benzene rings is 2. The van der Waals surface area contributed by atoms with Gasteiger partial charge in [-0.25, -0.2) is 5.48 Å². The van der Waals surface area contributed by atoms with Crippen LogP contribution in [0.2, 0.25) is 0 Å². The molecule has 2 aromatic carbocycles. The maximum Gasteiger partial charge on any atom is 0.274 e. The minimum Gasteiger partial charge on any atom is -0.326 e. The molecular weight excluding hydrogens is 292 g/mol. The van der Waals surface area contributed by atoms with Crippen molar-refractivity contribution in [3.8, 4) is 0 Å². The van der Waals surface area contributed by atoms with Crippen LogP contribution in [0, 0.1) is 5.92 Å². The second kappa shape index (κ2) is 7.56. The summed E-state index contributed by atoms with van der Waals surface area (Å²) in [5.41, 5.74) is 3.46. The summed E-state index contributed by atoms with van der Waals surface area (Å²) in [7, 11) is 0. The Morgan fingerprint density at radius 2 is 1.57 bits per heavy atom. The molecule has 0 radical (unpaired) electrons. The summed E-state index contributed by atoms with van der Waals surface area (Å²) in [6.45, 7) is 4.01. The van der Waals surface area contributed by atoms with E-state index in [1.165, 1.54) is 12.1 Å². The van der Waals surface area contributed by atoms with Crippen LogP contribution in [0.5, 0.6) is 0 Å². The van der Waals surface area contributed by atoms with Gasteiger partial charge < -0.3 is 5.32 Å². The zero-order valence-electron chi connectivity index (χ0n) is 13.1. The molecule has 0 bridgehead atoms. The van der Waals surface area contributed by atoms with Gasteiger partial charge in [-0.1, -0.05) is 44.2 Å². The molecule has 0 fully saturated rings. The van der Waals surface area contributed by atoms with E-state index in [2.05, 4.69) is 5.32 Å². The van der Waals surface area contributed by atoms with Crippen LogP contribution in [-0.4, -0.2) is 17.0 Å². The molecule has 5 nitrogen and oxygen atoms in total. The zero-order chi connectivity index (χ0) is 16.8. The van der Waals surface area contributed by atoms with E-state index in [0.717, 1.165) is 5.56 Å². The fraction of sp³-hybridized carbons (Fsp3) is 0.222. The van der Waals surface area contributed by atoms with Crippen LogP contribution in [0.3, 0.4) is 0 Å². The van der Waals surface area contributed by atoms with Crippen LogP contribution in [0.4, 0.5) is 5.69 Å². The van der Waals surface area contributed by atoms with Crippen molar-refractivity contribution in [1.29, 1.82) is 0 Å². The fourth-order valence-electron chi connectivity index (χ4n) is 2.49. The van der Waals surface area contributed by atoms with E-state index in [0.29, 0.717) is 11.3 Å². The lowest BCUT2D eigenvalue weighted by Crippen LogP contribution is -2.25. The van der Waals surface area contributed by atoms with Crippen molar-refractivity contribution in [3.05, 3.63) is 65.7 Å². The van der Waals surface area contributed by atoms with Crippen molar-refractivity contribution in [3.63, 3.8) is 0 Å². The molecule has 1 atom stereocenters. The second-order valence-electron chi connectivity index (χ2n) is 5.64. The van der Waals surface area contributed by atoms with Crippen molar-refractivity contribution in [2.24, 2.45) is 5.92 Å². The maximum absolute atomic E-state index is 12.6. The van der Waals surface area contributed by atoms with Gasteiger partial charge in [0.2, 0.25) is 5.91 Å². The Morgan fingerprint density at radius 3 is 2.09 bits per heavy atom. The molecule has 23 heavy (non-hydrogen) atoms. The Hall–Kier alpha value is -2.66. The fourth-order valence-corrected chi connectivity index (χ4v) is 2.49. The Labute approximate surface area is 135 Å². The van der Waals surface area contributed by atoms with Crippen LogP contribution in [0.1, 0.15) is 35.7 Å². The lowest BCUT2D eigenvalue weighted by molar-refractivity contribution is -0.118. The summed E-state index contributed by atoms with van der Waals surface area (Å²) in [5.74, 6) is -0.786. The van der Waals surface area contributed by atoms with Gasteiger partial charge in [0.1, 0.15) is 0 Å². The third-order valence-electron chi connectivity index (χ3n) is 3.62. The zero-order valence-corrected chi connectivity index (χ0v) is 13.1. The van der Waals surface area contributed by atoms with Crippen LogP contribution >= 0.6 is 0 Å². The largest absolute Gasteiger partial charge is 0.326 e. The van der Waals surface area contributed by atoms with E-state index in [4.69, 9.17) is 5.21 Å². The van der Waals surface area contributed by atoms with Crippen molar-refractivity contribution < 1.29 is 14.8 Å². The van der Waals surface area contributed by atoms with E-state index in [1.807, 2.05) is 44.2 Å². The van der Waals surface area contributed by atoms with Crippen molar-refractivity contribution in [2.45, 2.75) is 19.8 Å². The summed E-state index contributed by atoms with van der Waals surface area (Å²) >= 11 is 0. The number of rotatable bonds is 5. The molecule has 1 unspecified atom stereocenters. The van der Waals surface area contributed by atoms with E-state index < -0.39 is 5.91 Å². The predicted octanol–water partition coefficient (Wildman–Crippen LogP) is 3.18. The molecule has 0 saturated heterocycles. The number of hydrogen-bond acceptors (Lipinski definition) is 3. The molecule has 0 aliphatic heterocycles. The monoisotopic (exact) mass is 312 g/mol. The molecule has 0 spiro atoms. The highest BCUT2D eigenvalue weighted by molar-refractivity contribution is 5.97. The molecule has 2 aromatic rings. The average molecular weight is 312 g/mol. The molecule has 0 saturated carbocycles. The Kier molecular flexibility index (Phi) is 5.49. The van der Waals surface area contributed by atoms with Gasteiger partial charge in [-0.3, -0.25) is 14.8 Å². The maximum atomic E-state index is 12.6. The Morgan fingerprint density at radius 1 is 0.957 bits per heavy atom. The van der Waals surface area contributed by atoms with Crippen LogP contribution in [0.15, 0.2) is 54.6 Å². The molecule has 5 heteroatoms. The highest BCUT2D eigenvalue weighted by atomic mass is 16.5. The minimum atomic E-state index is -0.591. The topological polar surface area (TPSA) is 78.4 Å². The number of hydrogen-bond donors (Lipinski definition) is 3. The number of anilines is 1. The van der Waals surface area contributed by atoms with E-state index in [-0.39, 0.29) is 17.7 Å². The first-order chi connectivity index (χ1) is 11.0. The summed E-state index contributed by atoms with van der Waals surface area (Å²) in [6.07, 6.45) is 0. The van der Waals surface area contributed by atoms with E-state index in [1.54, 1.807) is 17.6 Å². The van der Waals surface area contributed by atoms with Gasteiger partial charge in [-0.05, 0) is 35.7 Å². The first-order valence-corrected chi connectivity index (χ1v) is 7.43. The predicted molar refractivity (Wildman–Crippen MR) is 88.3 cm³/mol.